The quantitative estimate of drug-likeness (QED) is 0.776. The summed E-state index contributed by atoms with van der Waals surface area (Å²) in [5.74, 6) is 2.15. The maximum absolute atomic E-state index is 12.3. The van der Waals surface area contributed by atoms with Crippen molar-refractivity contribution >= 4 is 5.91 Å². The molecule has 0 aliphatic heterocycles. The summed E-state index contributed by atoms with van der Waals surface area (Å²) >= 11 is 0. The summed E-state index contributed by atoms with van der Waals surface area (Å²) in [6.07, 6.45) is 11.7. The average Bonchev–Trinajstić information content (AvgIpc) is 3.08. The van der Waals surface area contributed by atoms with E-state index in [-0.39, 0.29) is 11.8 Å². The summed E-state index contributed by atoms with van der Waals surface area (Å²) in [6.45, 7) is 2.67. The van der Waals surface area contributed by atoms with Crippen molar-refractivity contribution < 1.29 is 9.90 Å². The number of rotatable bonds is 4. The van der Waals surface area contributed by atoms with Gasteiger partial charge in [0.05, 0.1) is 5.60 Å². The van der Waals surface area contributed by atoms with Gasteiger partial charge in [-0.15, -0.1) is 0 Å². The van der Waals surface area contributed by atoms with Crippen LogP contribution < -0.4 is 5.32 Å². The van der Waals surface area contributed by atoms with Gasteiger partial charge < -0.3 is 10.4 Å². The Hall–Kier alpha value is -0.830. The van der Waals surface area contributed by atoms with Crippen LogP contribution in [0.25, 0.3) is 0 Å². The fraction of sp³-hybridized carbons (Fsp3) is 0.824. The molecular formula is C17H27NO2. The van der Waals surface area contributed by atoms with E-state index in [1.807, 2.05) is 0 Å². The normalized spacial score (nSPS) is 42.9. The lowest BCUT2D eigenvalue weighted by Gasteiger charge is -2.36. The van der Waals surface area contributed by atoms with Gasteiger partial charge >= 0.3 is 0 Å². The van der Waals surface area contributed by atoms with Crippen molar-refractivity contribution in [2.45, 2.75) is 57.5 Å². The molecule has 2 saturated carbocycles. The molecule has 3 rings (SSSR count). The first kappa shape index (κ1) is 14.1. The lowest BCUT2D eigenvalue weighted by atomic mass is 9.77. The van der Waals surface area contributed by atoms with Gasteiger partial charge in [-0.3, -0.25) is 4.79 Å². The molecule has 3 nitrogen and oxygen atoms in total. The number of fused-ring (bicyclic) bond motifs is 2. The third-order valence-corrected chi connectivity index (χ3v) is 5.82. The summed E-state index contributed by atoms with van der Waals surface area (Å²) in [7, 11) is 0. The van der Waals surface area contributed by atoms with Crippen molar-refractivity contribution in [3.63, 3.8) is 0 Å². The maximum Gasteiger partial charge on any atom is 0.223 e. The van der Waals surface area contributed by atoms with Crippen molar-refractivity contribution in [3.05, 3.63) is 12.2 Å². The van der Waals surface area contributed by atoms with Crippen LogP contribution in [-0.2, 0) is 4.79 Å². The first-order chi connectivity index (χ1) is 9.59. The molecule has 112 valence electrons. The van der Waals surface area contributed by atoms with Crippen molar-refractivity contribution in [1.29, 1.82) is 0 Å². The van der Waals surface area contributed by atoms with E-state index in [4.69, 9.17) is 0 Å². The van der Waals surface area contributed by atoms with E-state index in [1.54, 1.807) is 0 Å². The smallest absolute Gasteiger partial charge is 0.223 e. The molecule has 3 unspecified atom stereocenters. The monoisotopic (exact) mass is 277 g/mol. The lowest BCUT2D eigenvalue weighted by Crippen LogP contribution is -2.47. The Bertz CT molecular complexity index is 396. The Morgan fingerprint density at radius 1 is 1.30 bits per heavy atom. The van der Waals surface area contributed by atoms with Gasteiger partial charge in [0.2, 0.25) is 5.91 Å². The molecule has 0 spiro atoms. The van der Waals surface area contributed by atoms with Gasteiger partial charge in [0, 0.05) is 12.5 Å². The standard InChI is InChI=1S/C17H27NO2/c1-2-12-5-7-17(20,8-6-12)11-18-16(19)15-10-13-3-4-14(15)9-13/h3-4,12-15,20H,2,5-11H2,1H3,(H,18,19). The first-order valence-corrected chi connectivity index (χ1v) is 8.28. The Morgan fingerprint density at radius 3 is 2.60 bits per heavy atom. The van der Waals surface area contributed by atoms with Crippen molar-refractivity contribution in [2.24, 2.45) is 23.7 Å². The van der Waals surface area contributed by atoms with E-state index >= 15 is 0 Å². The molecule has 3 aliphatic rings. The number of hydrogen-bond acceptors (Lipinski definition) is 2. The summed E-state index contributed by atoms with van der Waals surface area (Å²) in [6, 6.07) is 0. The maximum atomic E-state index is 12.3. The number of amides is 1. The Morgan fingerprint density at radius 2 is 2.05 bits per heavy atom. The molecule has 20 heavy (non-hydrogen) atoms. The van der Waals surface area contributed by atoms with Gasteiger partial charge in [0.1, 0.15) is 0 Å². The fourth-order valence-electron chi connectivity index (χ4n) is 4.26. The molecule has 0 aromatic heterocycles. The number of allylic oxidation sites excluding steroid dienone is 2. The van der Waals surface area contributed by atoms with Crippen LogP contribution in [0.4, 0.5) is 0 Å². The van der Waals surface area contributed by atoms with Gasteiger partial charge in [-0.2, -0.15) is 0 Å². The summed E-state index contributed by atoms with van der Waals surface area (Å²) in [5, 5.41) is 13.6. The minimum absolute atomic E-state index is 0.153. The van der Waals surface area contributed by atoms with Crippen molar-refractivity contribution in [3.8, 4) is 0 Å². The Balaban J connectivity index is 1.47. The molecule has 1 amide bonds. The highest BCUT2D eigenvalue weighted by atomic mass is 16.3. The highest BCUT2D eigenvalue weighted by Crippen LogP contribution is 2.43. The third-order valence-electron chi connectivity index (χ3n) is 5.82. The van der Waals surface area contributed by atoms with E-state index < -0.39 is 5.60 Å². The molecule has 0 aromatic carbocycles. The largest absolute Gasteiger partial charge is 0.388 e. The highest BCUT2D eigenvalue weighted by molar-refractivity contribution is 5.80. The van der Waals surface area contributed by atoms with E-state index in [0.717, 1.165) is 44.4 Å². The third kappa shape index (κ3) is 2.78. The average molecular weight is 277 g/mol. The van der Waals surface area contributed by atoms with E-state index in [1.165, 1.54) is 6.42 Å². The minimum atomic E-state index is -0.658. The fourth-order valence-corrected chi connectivity index (χ4v) is 4.26. The zero-order valence-corrected chi connectivity index (χ0v) is 12.5. The van der Waals surface area contributed by atoms with Crippen LogP contribution in [0.5, 0.6) is 0 Å². The Labute approximate surface area is 121 Å². The summed E-state index contributed by atoms with van der Waals surface area (Å²) in [5.41, 5.74) is -0.658. The predicted molar refractivity (Wildman–Crippen MR) is 79.1 cm³/mol. The topological polar surface area (TPSA) is 49.3 Å². The van der Waals surface area contributed by atoms with Gasteiger partial charge in [-0.05, 0) is 56.3 Å². The van der Waals surface area contributed by atoms with Crippen LogP contribution in [0.15, 0.2) is 12.2 Å². The molecule has 3 aliphatic carbocycles. The molecular weight excluding hydrogens is 250 g/mol. The minimum Gasteiger partial charge on any atom is -0.388 e. The SMILES string of the molecule is CCC1CCC(O)(CNC(=O)C2CC3C=CC2C3)CC1. The molecule has 2 fully saturated rings. The van der Waals surface area contributed by atoms with Gasteiger partial charge in [-0.25, -0.2) is 0 Å². The number of hydrogen-bond donors (Lipinski definition) is 2. The molecule has 2 bridgehead atoms. The van der Waals surface area contributed by atoms with Crippen molar-refractivity contribution in [2.75, 3.05) is 6.54 Å². The molecule has 3 heteroatoms. The molecule has 0 heterocycles. The number of carbonyl (C=O) groups excluding carboxylic acids is 1. The number of carbonyl (C=O) groups is 1. The van der Waals surface area contributed by atoms with Crippen LogP contribution >= 0.6 is 0 Å². The second kappa shape index (κ2) is 5.51. The van der Waals surface area contributed by atoms with E-state index in [0.29, 0.717) is 18.4 Å². The molecule has 2 N–H and O–H groups in total. The summed E-state index contributed by atoms with van der Waals surface area (Å²) < 4.78 is 0. The molecule has 3 atom stereocenters. The zero-order chi connectivity index (χ0) is 14.2. The van der Waals surface area contributed by atoms with Crippen LogP contribution in [-0.4, -0.2) is 23.2 Å². The van der Waals surface area contributed by atoms with Gasteiger partial charge in [0.25, 0.3) is 0 Å². The number of nitrogens with one attached hydrogen (secondary N) is 1. The van der Waals surface area contributed by atoms with E-state index in [2.05, 4.69) is 24.4 Å². The van der Waals surface area contributed by atoms with Gasteiger partial charge in [0.15, 0.2) is 0 Å². The summed E-state index contributed by atoms with van der Waals surface area (Å²) in [4.78, 5) is 12.3. The lowest BCUT2D eigenvalue weighted by molar-refractivity contribution is -0.127. The van der Waals surface area contributed by atoms with Crippen LogP contribution in [0.1, 0.15) is 51.9 Å². The molecule has 0 saturated heterocycles. The zero-order valence-electron chi connectivity index (χ0n) is 12.5. The Kier molecular flexibility index (Phi) is 3.89. The highest BCUT2D eigenvalue weighted by Gasteiger charge is 2.40. The van der Waals surface area contributed by atoms with Crippen molar-refractivity contribution in [1.82, 2.24) is 5.32 Å². The van der Waals surface area contributed by atoms with E-state index in [9.17, 15) is 9.90 Å². The molecule has 0 radical (unpaired) electrons. The van der Waals surface area contributed by atoms with Gasteiger partial charge in [-0.1, -0.05) is 25.5 Å². The van der Waals surface area contributed by atoms with Crippen LogP contribution in [0.2, 0.25) is 0 Å². The van der Waals surface area contributed by atoms with Crippen LogP contribution in [0, 0.1) is 23.7 Å². The molecule has 0 aromatic rings. The first-order valence-electron chi connectivity index (χ1n) is 8.28. The second-order valence-electron chi connectivity index (χ2n) is 7.18. The predicted octanol–water partition coefficient (Wildman–Crippen LogP) is 2.65. The number of aliphatic hydroxyl groups is 1. The second-order valence-corrected chi connectivity index (χ2v) is 7.18. The van der Waals surface area contributed by atoms with Crippen LogP contribution in [0.3, 0.4) is 0 Å².